The van der Waals surface area contributed by atoms with E-state index < -0.39 is 0 Å². The van der Waals surface area contributed by atoms with E-state index in [-0.39, 0.29) is 0 Å². The van der Waals surface area contributed by atoms with Gasteiger partial charge in [0.05, 0.1) is 5.69 Å². The summed E-state index contributed by atoms with van der Waals surface area (Å²) in [5.41, 5.74) is 6.68. The van der Waals surface area contributed by atoms with E-state index in [0.717, 1.165) is 65.9 Å². The van der Waals surface area contributed by atoms with Crippen molar-refractivity contribution in [1.82, 2.24) is 25.0 Å². The van der Waals surface area contributed by atoms with Gasteiger partial charge in [0.25, 0.3) is 0 Å². The highest BCUT2D eigenvalue weighted by Crippen LogP contribution is 2.31. The lowest BCUT2D eigenvalue weighted by atomic mass is 10.0. The maximum atomic E-state index is 9.18. The molecule has 7 nitrogen and oxygen atoms in total. The van der Waals surface area contributed by atoms with Crippen molar-refractivity contribution < 1.29 is 0 Å². The monoisotopic (exact) mass is 385 g/mol. The summed E-state index contributed by atoms with van der Waals surface area (Å²) in [5.74, 6) is 1.66. The summed E-state index contributed by atoms with van der Waals surface area (Å²) in [7, 11) is 0. The molecule has 0 atom stereocenters. The molecule has 1 fully saturated rings. The summed E-state index contributed by atoms with van der Waals surface area (Å²) in [6.07, 6.45) is 7.52. The fourth-order valence-corrected chi connectivity index (χ4v) is 3.93. The molecule has 0 unspecified atom stereocenters. The Morgan fingerprint density at radius 1 is 1.21 bits per heavy atom. The van der Waals surface area contributed by atoms with Gasteiger partial charge >= 0.3 is 0 Å². The molecule has 0 amide bonds. The quantitative estimate of drug-likeness (QED) is 0.686. The van der Waals surface area contributed by atoms with Gasteiger partial charge in [-0.1, -0.05) is 0 Å². The van der Waals surface area contributed by atoms with Crippen LogP contribution in [-0.2, 0) is 19.5 Å². The molecule has 5 rings (SSSR count). The number of hydrogen-bond acceptors (Lipinski definition) is 6. The molecule has 1 aliphatic carbocycles. The molecule has 0 radical (unpaired) electrons. The zero-order valence-corrected chi connectivity index (χ0v) is 16.8. The molecule has 146 valence electrons. The Morgan fingerprint density at radius 2 is 2.07 bits per heavy atom. The lowest BCUT2D eigenvalue weighted by Crippen LogP contribution is -2.32. The Morgan fingerprint density at radius 3 is 2.86 bits per heavy atom. The van der Waals surface area contributed by atoms with E-state index in [4.69, 9.17) is 10.1 Å². The van der Waals surface area contributed by atoms with Crippen molar-refractivity contribution in [1.29, 1.82) is 5.26 Å². The molecule has 4 heterocycles. The molecular formula is C22H23N7. The van der Waals surface area contributed by atoms with Gasteiger partial charge in [0, 0.05) is 49.7 Å². The Hall–Kier alpha value is -3.27. The Bertz CT molecular complexity index is 1120. The summed E-state index contributed by atoms with van der Waals surface area (Å²) in [6.45, 7) is 6.54. The molecule has 29 heavy (non-hydrogen) atoms. The number of pyridine rings is 1. The zero-order chi connectivity index (χ0) is 20.0. The Labute approximate surface area is 170 Å². The number of nitrogens with zero attached hydrogens (tertiary/aromatic N) is 7. The third-order valence-corrected chi connectivity index (χ3v) is 6.02. The molecule has 2 aliphatic rings. The number of nitriles is 1. The summed E-state index contributed by atoms with van der Waals surface area (Å²) >= 11 is 0. The van der Waals surface area contributed by atoms with Gasteiger partial charge in [0.1, 0.15) is 6.07 Å². The first-order valence-electron chi connectivity index (χ1n) is 10.1. The van der Waals surface area contributed by atoms with Gasteiger partial charge in [-0.15, -0.1) is 10.2 Å². The summed E-state index contributed by atoms with van der Waals surface area (Å²) in [5, 5.41) is 22.4. The van der Waals surface area contributed by atoms with Crippen molar-refractivity contribution >= 4 is 5.82 Å². The van der Waals surface area contributed by atoms with Crippen LogP contribution in [0.4, 0.5) is 5.82 Å². The number of anilines is 1. The van der Waals surface area contributed by atoms with Crippen LogP contribution < -0.4 is 4.90 Å². The SMILES string of the molecule is Cc1c(C#N)nnc(N2CCc3ncc(-c4ccn(CC5CC5)n4)cc3C2)c1C. The second-order valence-electron chi connectivity index (χ2n) is 8.10. The van der Waals surface area contributed by atoms with Gasteiger partial charge < -0.3 is 4.90 Å². The van der Waals surface area contributed by atoms with E-state index in [9.17, 15) is 5.26 Å². The summed E-state index contributed by atoms with van der Waals surface area (Å²) in [6, 6.07) is 6.40. The van der Waals surface area contributed by atoms with E-state index >= 15 is 0 Å². The largest absolute Gasteiger partial charge is 0.350 e. The number of fused-ring (bicyclic) bond motifs is 1. The maximum absolute atomic E-state index is 9.18. The minimum absolute atomic E-state index is 0.398. The Kier molecular flexibility index (Phi) is 4.27. The highest BCUT2D eigenvalue weighted by molar-refractivity contribution is 5.60. The third-order valence-electron chi connectivity index (χ3n) is 6.02. The fourth-order valence-electron chi connectivity index (χ4n) is 3.93. The smallest absolute Gasteiger partial charge is 0.166 e. The molecule has 1 saturated carbocycles. The number of rotatable bonds is 4. The molecule has 3 aromatic heterocycles. The van der Waals surface area contributed by atoms with Gasteiger partial charge in [-0.25, -0.2) is 0 Å². The van der Waals surface area contributed by atoms with Gasteiger partial charge in [-0.3, -0.25) is 9.67 Å². The van der Waals surface area contributed by atoms with Crippen LogP contribution in [0.3, 0.4) is 0 Å². The second kappa shape index (κ2) is 6.96. The molecule has 0 saturated heterocycles. The van der Waals surface area contributed by atoms with E-state index in [1.165, 1.54) is 18.4 Å². The minimum Gasteiger partial charge on any atom is -0.350 e. The lowest BCUT2D eigenvalue weighted by Gasteiger charge is -2.30. The third kappa shape index (κ3) is 3.35. The van der Waals surface area contributed by atoms with Crippen LogP contribution in [0.1, 0.15) is 40.9 Å². The lowest BCUT2D eigenvalue weighted by molar-refractivity contribution is 0.564. The van der Waals surface area contributed by atoms with Crippen molar-refractivity contribution in [2.75, 3.05) is 11.4 Å². The van der Waals surface area contributed by atoms with Crippen molar-refractivity contribution in [2.24, 2.45) is 5.92 Å². The molecule has 7 heteroatoms. The number of hydrogen-bond donors (Lipinski definition) is 0. The van der Waals surface area contributed by atoms with Crippen LogP contribution in [0.25, 0.3) is 11.3 Å². The minimum atomic E-state index is 0.398. The molecule has 0 bridgehead atoms. The van der Waals surface area contributed by atoms with Crippen LogP contribution in [-0.4, -0.2) is 31.5 Å². The van der Waals surface area contributed by atoms with Crippen LogP contribution in [0.5, 0.6) is 0 Å². The average Bonchev–Trinajstić information content (AvgIpc) is 3.43. The standard InChI is InChI=1S/C22H23N7/c1-14-15(2)22(26-25-21(14)10-23)28-7-5-19-18(13-28)9-17(11-24-19)20-6-8-29(27-20)12-16-3-4-16/h6,8-9,11,16H,3-5,7,12-13H2,1-2H3. The van der Waals surface area contributed by atoms with Crippen LogP contribution in [0.15, 0.2) is 24.5 Å². The average molecular weight is 385 g/mol. The van der Waals surface area contributed by atoms with Gasteiger partial charge in [-0.05, 0) is 61.4 Å². The van der Waals surface area contributed by atoms with Crippen LogP contribution in [0, 0.1) is 31.1 Å². The van der Waals surface area contributed by atoms with E-state index in [1.54, 1.807) is 0 Å². The normalized spacial score (nSPS) is 15.8. The second-order valence-corrected chi connectivity index (χ2v) is 8.10. The van der Waals surface area contributed by atoms with E-state index in [1.807, 2.05) is 20.0 Å². The van der Waals surface area contributed by atoms with Gasteiger partial charge in [-0.2, -0.15) is 10.4 Å². The highest BCUT2D eigenvalue weighted by Gasteiger charge is 2.24. The van der Waals surface area contributed by atoms with Crippen molar-refractivity contribution in [3.63, 3.8) is 0 Å². The fraction of sp³-hybridized carbons (Fsp3) is 0.409. The van der Waals surface area contributed by atoms with E-state index in [0.29, 0.717) is 5.69 Å². The van der Waals surface area contributed by atoms with Crippen molar-refractivity contribution in [3.8, 4) is 17.3 Å². The number of aromatic nitrogens is 5. The first-order valence-corrected chi connectivity index (χ1v) is 10.1. The molecule has 3 aromatic rings. The van der Waals surface area contributed by atoms with Crippen molar-refractivity contribution in [3.05, 3.63) is 52.6 Å². The summed E-state index contributed by atoms with van der Waals surface area (Å²) < 4.78 is 2.05. The molecule has 0 N–H and O–H groups in total. The molecule has 0 spiro atoms. The predicted molar refractivity (Wildman–Crippen MR) is 109 cm³/mol. The first kappa shape index (κ1) is 17.8. The highest BCUT2D eigenvalue weighted by atomic mass is 15.3. The molecule has 0 aromatic carbocycles. The Balaban J connectivity index is 1.41. The van der Waals surface area contributed by atoms with Crippen LogP contribution >= 0.6 is 0 Å². The maximum Gasteiger partial charge on any atom is 0.166 e. The van der Waals surface area contributed by atoms with Gasteiger partial charge in [0.15, 0.2) is 11.5 Å². The topological polar surface area (TPSA) is 83.5 Å². The zero-order valence-electron chi connectivity index (χ0n) is 16.8. The van der Waals surface area contributed by atoms with E-state index in [2.05, 4.69) is 44.2 Å². The first-order chi connectivity index (χ1) is 14.1. The summed E-state index contributed by atoms with van der Waals surface area (Å²) in [4.78, 5) is 6.95. The van der Waals surface area contributed by atoms with Crippen molar-refractivity contribution in [2.45, 2.75) is 46.2 Å². The predicted octanol–water partition coefficient (Wildman–Crippen LogP) is 3.20. The molecule has 1 aliphatic heterocycles. The molecular weight excluding hydrogens is 362 g/mol. The van der Waals surface area contributed by atoms with Gasteiger partial charge in [0.2, 0.25) is 0 Å². The van der Waals surface area contributed by atoms with Crippen LogP contribution in [0.2, 0.25) is 0 Å².